The van der Waals surface area contributed by atoms with Gasteiger partial charge < -0.3 is 4.74 Å². The van der Waals surface area contributed by atoms with E-state index in [0.717, 1.165) is 11.2 Å². The summed E-state index contributed by atoms with van der Waals surface area (Å²) in [5.41, 5.74) is 5.88. The molecular weight excluding hydrogens is 234 g/mol. The van der Waals surface area contributed by atoms with Gasteiger partial charge in [0.15, 0.2) is 0 Å². The van der Waals surface area contributed by atoms with Crippen molar-refractivity contribution in [2.24, 2.45) is 0 Å². The van der Waals surface area contributed by atoms with Gasteiger partial charge in [-0.05, 0) is 17.7 Å². The molecule has 1 aliphatic heterocycles. The molecule has 0 radical (unpaired) electrons. The number of nitrogens with zero attached hydrogens (tertiary/aromatic N) is 1. The van der Waals surface area contributed by atoms with E-state index in [0.29, 0.717) is 0 Å². The summed E-state index contributed by atoms with van der Waals surface area (Å²) in [5, 5.41) is 1.19. The van der Waals surface area contributed by atoms with Crippen LogP contribution in [0, 0.1) is 0 Å². The molecule has 90 valence electrons. The summed E-state index contributed by atoms with van der Waals surface area (Å²) < 4.78 is 5.84. The standard InChI is InChI=1S/C17H11NO/c1-4-8-14-10(5-1)9-13-15(18-14)11-6-2-3-7-12(11)16-17(13)19-16/h1-9,16-17H. The molecule has 2 heteroatoms. The maximum Gasteiger partial charge on any atom is 0.116 e. The molecule has 1 aliphatic carbocycles. The molecule has 19 heavy (non-hydrogen) atoms. The summed E-state index contributed by atoms with van der Waals surface area (Å²) in [6, 6.07) is 18.9. The van der Waals surface area contributed by atoms with Crippen LogP contribution in [0.3, 0.4) is 0 Å². The van der Waals surface area contributed by atoms with Crippen molar-refractivity contribution >= 4 is 10.9 Å². The maximum atomic E-state index is 5.84. The lowest BCUT2D eigenvalue weighted by molar-refractivity contribution is 0.380. The van der Waals surface area contributed by atoms with Gasteiger partial charge in [0.05, 0.1) is 11.2 Å². The summed E-state index contributed by atoms with van der Waals surface area (Å²) in [6.45, 7) is 0. The third-order valence-electron chi connectivity index (χ3n) is 4.07. The van der Waals surface area contributed by atoms with Crippen LogP contribution >= 0.6 is 0 Å². The lowest BCUT2D eigenvalue weighted by Gasteiger charge is -2.16. The Balaban J connectivity index is 1.90. The van der Waals surface area contributed by atoms with Gasteiger partial charge in [-0.25, -0.2) is 4.98 Å². The van der Waals surface area contributed by atoms with Gasteiger partial charge in [0.1, 0.15) is 12.2 Å². The van der Waals surface area contributed by atoms with Crippen molar-refractivity contribution < 1.29 is 4.74 Å². The zero-order valence-electron chi connectivity index (χ0n) is 10.2. The zero-order valence-corrected chi connectivity index (χ0v) is 10.2. The number of hydrogen-bond donors (Lipinski definition) is 0. The second kappa shape index (κ2) is 3.22. The van der Waals surface area contributed by atoms with Crippen molar-refractivity contribution in [3.8, 4) is 11.3 Å². The molecule has 2 atom stereocenters. The number of pyridine rings is 1. The quantitative estimate of drug-likeness (QED) is 0.559. The van der Waals surface area contributed by atoms with Crippen molar-refractivity contribution in [2.75, 3.05) is 0 Å². The van der Waals surface area contributed by atoms with Gasteiger partial charge in [0.25, 0.3) is 0 Å². The Labute approximate surface area is 110 Å². The molecule has 3 aromatic rings. The van der Waals surface area contributed by atoms with Crippen molar-refractivity contribution in [3.05, 3.63) is 65.7 Å². The van der Waals surface area contributed by atoms with E-state index in [4.69, 9.17) is 9.72 Å². The number of epoxide rings is 1. The van der Waals surface area contributed by atoms with Crippen LogP contribution < -0.4 is 0 Å². The largest absolute Gasteiger partial charge is 0.359 e. The minimum absolute atomic E-state index is 0.210. The average Bonchev–Trinajstić information content (AvgIpc) is 3.27. The van der Waals surface area contributed by atoms with E-state index in [2.05, 4.69) is 48.5 Å². The molecule has 0 N–H and O–H groups in total. The molecule has 5 rings (SSSR count). The summed E-state index contributed by atoms with van der Waals surface area (Å²) in [5.74, 6) is 0. The molecule has 1 fully saturated rings. The van der Waals surface area contributed by atoms with Gasteiger partial charge in [-0.3, -0.25) is 0 Å². The minimum Gasteiger partial charge on any atom is -0.359 e. The highest BCUT2D eigenvalue weighted by Crippen LogP contribution is 2.58. The number of para-hydroxylation sites is 1. The van der Waals surface area contributed by atoms with E-state index in [1.807, 2.05) is 6.07 Å². The molecule has 2 nitrogen and oxygen atoms in total. The molecule has 2 heterocycles. The highest BCUT2D eigenvalue weighted by atomic mass is 16.6. The predicted octanol–water partition coefficient (Wildman–Crippen LogP) is 4.03. The lowest BCUT2D eigenvalue weighted by atomic mass is 9.88. The molecule has 2 unspecified atom stereocenters. The summed E-state index contributed by atoms with van der Waals surface area (Å²) >= 11 is 0. The Hall–Kier alpha value is -2.19. The van der Waals surface area contributed by atoms with E-state index in [1.54, 1.807) is 0 Å². The Morgan fingerprint density at radius 1 is 0.842 bits per heavy atom. The maximum absolute atomic E-state index is 5.84. The predicted molar refractivity (Wildman–Crippen MR) is 73.7 cm³/mol. The first kappa shape index (κ1) is 9.70. The van der Waals surface area contributed by atoms with E-state index in [9.17, 15) is 0 Å². The number of benzene rings is 2. The van der Waals surface area contributed by atoms with Crippen molar-refractivity contribution in [1.29, 1.82) is 0 Å². The van der Waals surface area contributed by atoms with Gasteiger partial charge in [0, 0.05) is 16.5 Å². The van der Waals surface area contributed by atoms with Crippen LogP contribution in [0.1, 0.15) is 23.3 Å². The molecule has 1 saturated heterocycles. The first-order valence-corrected chi connectivity index (χ1v) is 6.56. The fourth-order valence-electron chi connectivity index (χ4n) is 3.11. The average molecular weight is 245 g/mol. The third kappa shape index (κ3) is 1.22. The molecular formula is C17H11NO. The zero-order chi connectivity index (χ0) is 12.4. The van der Waals surface area contributed by atoms with Gasteiger partial charge in [0.2, 0.25) is 0 Å². The van der Waals surface area contributed by atoms with Crippen LogP contribution in [0.4, 0.5) is 0 Å². The van der Waals surface area contributed by atoms with Crippen LogP contribution in [0.5, 0.6) is 0 Å². The second-order valence-corrected chi connectivity index (χ2v) is 5.18. The first-order valence-electron chi connectivity index (χ1n) is 6.56. The SMILES string of the molecule is c1ccc2c(c1)-c1nc3ccccc3cc1C1OC21. The number of hydrogen-bond acceptors (Lipinski definition) is 2. The topological polar surface area (TPSA) is 25.4 Å². The van der Waals surface area contributed by atoms with E-state index in [-0.39, 0.29) is 12.2 Å². The van der Waals surface area contributed by atoms with Crippen LogP contribution in [0.2, 0.25) is 0 Å². The van der Waals surface area contributed by atoms with Gasteiger partial charge >= 0.3 is 0 Å². The van der Waals surface area contributed by atoms with E-state index in [1.165, 1.54) is 22.1 Å². The van der Waals surface area contributed by atoms with E-state index >= 15 is 0 Å². The third-order valence-corrected chi connectivity index (χ3v) is 4.07. The fraction of sp³-hybridized carbons (Fsp3) is 0.118. The molecule has 0 bridgehead atoms. The fourth-order valence-corrected chi connectivity index (χ4v) is 3.11. The molecule has 2 aromatic carbocycles. The van der Waals surface area contributed by atoms with E-state index < -0.39 is 0 Å². The number of rotatable bonds is 0. The normalized spacial score (nSPS) is 22.5. The second-order valence-electron chi connectivity index (χ2n) is 5.18. The summed E-state index contributed by atoms with van der Waals surface area (Å²) in [4.78, 5) is 4.85. The molecule has 0 spiro atoms. The Bertz CT molecular complexity index is 824. The van der Waals surface area contributed by atoms with Crippen LogP contribution in [-0.4, -0.2) is 4.98 Å². The number of aromatic nitrogens is 1. The molecule has 1 aromatic heterocycles. The van der Waals surface area contributed by atoms with Crippen molar-refractivity contribution in [3.63, 3.8) is 0 Å². The highest BCUT2D eigenvalue weighted by molar-refractivity contribution is 5.85. The Morgan fingerprint density at radius 2 is 1.63 bits per heavy atom. The Morgan fingerprint density at radius 3 is 2.63 bits per heavy atom. The summed E-state index contributed by atoms with van der Waals surface area (Å²) in [6.07, 6.45) is 0.452. The number of fused-ring (bicyclic) bond motifs is 7. The van der Waals surface area contributed by atoms with Gasteiger partial charge in [-0.15, -0.1) is 0 Å². The van der Waals surface area contributed by atoms with Crippen molar-refractivity contribution in [2.45, 2.75) is 12.2 Å². The summed E-state index contributed by atoms with van der Waals surface area (Å²) in [7, 11) is 0. The number of ether oxygens (including phenoxy) is 1. The van der Waals surface area contributed by atoms with Gasteiger partial charge in [-0.1, -0.05) is 42.5 Å². The van der Waals surface area contributed by atoms with Crippen LogP contribution in [-0.2, 0) is 4.74 Å². The smallest absolute Gasteiger partial charge is 0.116 e. The van der Waals surface area contributed by atoms with Crippen LogP contribution in [0.25, 0.3) is 22.2 Å². The monoisotopic (exact) mass is 245 g/mol. The molecule has 2 aliphatic rings. The molecule has 0 amide bonds. The molecule has 0 saturated carbocycles. The van der Waals surface area contributed by atoms with Crippen LogP contribution in [0.15, 0.2) is 54.6 Å². The highest BCUT2D eigenvalue weighted by Gasteiger charge is 2.48. The first-order chi connectivity index (χ1) is 9.42. The minimum atomic E-state index is 0.210. The van der Waals surface area contributed by atoms with Gasteiger partial charge in [-0.2, -0.15) is 0 Å². The van der Waals surface area contributed by atoms with Crippen molar-refractivity contribution in [1.82, 2.24) is 4.98 Å². The lowest BCUT2D eigenvalue weighted by Crippen LogP contribution is -2.01. The Kier molecular flexibility index (Phi) is 1.64.